The molecule has 0 atom stereocenters. The van der Waals surface area contributed by atoms with E-state index in [1.54, 1.807) is 31.4 Å². The van der Waals surface area contributed by atoms with Gasteiger partial charge in [-0.15, -0.1) is 0 Å². The van der Waals surface area contributed by atoms with Gasteiger partial charge in [0.15, 0.2) is 11.5 Å². The Morgan fingerprint density at radius 1 is 1.00 bits per heavy atom. The van der Waals surface area contributed by atoms with Gasteiger partial charge in [-0.05, 0) is 34.5 Å². The van der Waals surface area contributed by atoms with Gasteiger partial charge in [-0.1, -0.05) is 12.1 Å². The fourth-order valence-electron chi connectivity index (χ4n) is 1.70. The summed E-state index contributed by atoms with van der Waals surface area (Å²) >= 11 is 0. The van der Waals surface area contributed by atoms with Crippen LogP contribution in [-0.4, -0.2) is 20.2 Å². The zero-order valence-electron chi connectivity index (χ0n) is 10.5. The van der Waals surface area contributed by atoms with E-state index >= 15 is 0 Å². The number of aromatic carboxylic acids is 1. The minimum Gasteiger partial charge on any atom is -0.545 e. The quantitative estimate of drug-likeness (QED) is 0.608. The molecular weight excluding hydrogens is 243 g/mol. The van der Waals surface area contributed by atoms with Gasteiger partial charge in [0.25, 0.3) is 0 Å². The molecule has 0 aliphatic rings. The Kier molecular flexibility index (Phi) is 5.02. The number of methoxy groups -OCH3 is 2. The number of rotatable bonds is 3. The third kappa shape index (κ3) is 2.77. The van der Waals surface area contributed by atoms with Gasteiger partial charge in [0, 0.05) is 0 Å². The van der Waals surface area contributed by atoms with E-state index in [1.165, 1.54) is 13.2 Å². The average molecular weight is 254 g/mol. The number of ether oxygens (including phenoxy) is 2. The van der Waals surface area contributed by atoms with Crippen molar-refractivity contribution in [2.45, 2.75) is 0 Å². The van der Waals surface area contributed by atoms with Crippen molar-refractivity contribution in [1.29, 1.82) is 0 Å². The first-order valence-corrected chi connectivity index (χ1v) is 5.03. The summed E-state index contributed by atoms with van der Waals surface area (Å²) in [6.45, 7) is 0. The molecular formula is C13H11NaO4. The number of fused-ring (bicyclic) bond motifs is 1. The van der Waals surface area contributed by atoms with Gasteiger partial charge in [-0.2, -0.15) is 0 Å². The zero-order chi connectivity index (χ0) is 12.4. The van der Waals surface area contributed by atoms with Crippen LogP contribution in [0.3, 0.4) is 0 Å². The zero-order valence-corrected chi connectivity index (χ0v) is 12.5. The molecule has 0 aromatic heterocycles. The van der Waals surface area contributed by atoms with E-state index in [2.05, 4.69) is 0 Å². The van der Waals surface area contributed by atoms with E-state index in [-0.39, 0.29) is 35.1 Å². The molecule has 0 N–H and O–H groups in total. The minimum atomic E-state index is -1.19. The fourth-order valence-corrected chi connectivity index (χ4v) is 1.70. The van der Waals surface area contributed by atoms with Crippen LogP contribution in [-0.2, 0) is 0 Å². The Balaban J connectivity index is 0.00000162. The van der Waals surface area contributed by atoms with Gasteiger partial charge in [0.2, 0.25) is 0 Å². The third-order valence-electron chi connectivity index (χ3n) is 2.58. The molecule has 88 valence electrons. The molecule has 0 heterocycles. The molecule has 4 nitrogen and oxygen atoms in total. The van der Waals surface area contributed by atoms with Crippen molar-refractivity contribution in [2.24, 2.45) is 0 Å². The monoisotopic (exact) mass is 254 g/mol. The fraction of sp³-hybridized carbons (Fsp3) is 0.154. The molecule has 2 aromatic rings. The Morgan fingerprint density at radius 2 is 1.56 bits per heavy atom. The van der Waals surface area contributed by atoms with Crippen molar-refractivity contribution >= 4 is 16.7 Å². The molecule has 2 rings (SSSR count). The molecule has 0 saturated heterocycles. The largest absolute Gasteiger partial charge is 1.00 e. The first-order valence-electron chi connectivity index (χ1n) is 5.03. The number of carbonyl (C=O) groups is 1. The molecule has 18 heavy (non-hydrogen) atoms. The summed E-state index contributed by atoms with van der Waals surface area (Å²) in [7, 11) is 3.09. The minimum absolute atomic E-state index is 0. The van der Waals surface area contributed by atoms with Gasteiger partial charge in [0.1, 0.15) is 0 Å². The predicted molar refractivity (Wildman–Crippen MR) is 61.4 cm³/mol. The summed E-state index contributed by atoms with van der Waals surface area (Å²) in [5.74, 6) is -0.0154. The van der Waals surface area contributed by atoms with E-state index in [4.69, 9.17) is 9.47 Å². The van der Waals surface area contributed by atoms with E-state index in [1.807, 2.05) is 0 Å². The summed E-state index contributed by atoms with van der Waals surface area (Å²) in [5, 5.41) is 12.4. The van der Waals surface area contributed by atoms with Crippen molar-refractivity contribution in [2.75, 3.05) is 14.2 Å². The summed E-state index contributed by atoms with van der Waals surface area (Å²) in [6, 6.07) is 8.30. The molecule has 0 saturated carbocycles. The Labute approximate surface area is 127 Å². The topological polar surface area (TPSA) is 58.6 Å². The predicted octanol–water partition coefficient (Wildman–Crippen LogP) is -1.78. The maximum atomic E-state index is 10.8. The molecule has 2 aromatic carbocycles. The van der Waals surface area contributed by atoms with E-state index in [9.17, 15) is 9.90 Å². The van der Waals surface area contributed by atoms with Crippen molar-refractivity contribution in [1.82, 2.24) is 0 Å². The summed E-state index contributed by atoms with van der Waals surface area (Å²) < 4.78 is 10.3. The van der Waals surface area contributed by atoms with Gasteiger partial charge in [-0.25, -0.2) is 0 Å². The average Bonchev–Trinajstić information content (AvgIpc) is 2.36. The molecule has 0 bridgehead atoms. The second kappa shape index (κ2) is 6.09. The molecule has 0 spiro atoms. The Hall–Kier alpha value is -1.23. The Bertz CT molecular complexity index is 580. The molecule has 0 fully saturated rings. The van der Waals surface area contributed by atoms with Crippen molar-refractivity contribution < 1.29 is 48.9 Å². The van der Waals surface area contributed by atoms with Gasteiger partial charge in [0.05, 0.1) is 20.2 Å². The van der Waals surface area contributed by atoms with Crippen LogP contribution in [0.15, 0.2) is 30.3 Å². The van der Waals surface area contributed by atoms with Crippen LogP contribution in [0.4, 0.5) is 0 Å². The van der Waals surface area contributed by atoms with Crippen LogP contribution in [0.25, 0.3) is 10.8 Å². The molecule has 0 amide bonds. The first kappa shape index (κ1) is 14.8. The third-order valence-corrected chi connectivity index (χ3v) is 2.58. The van der Waals surface area contributed by atoms with Crippen molar-refractivity contribution in [3.63, 3.8) is 0 Å². The number of hydrogen-bond donors (Lipinski definition) is 0. The number of hydrogen-bond acceptors (Lipinski definition) is 4. The summed E-state index contributed by atoms with van der Waals surface area (Å²) in [4.78, 5) is 10.8. The van der Waals surface area contributed by atoms with Gasteiger partial charge in [-0.3, -0.25) is 0 Å². The second-order valence-corrected chi connectivity index (χ2v) is 3.56. The molecule has 0 radical (unpaired) electrons. The van der Waals surface area contributed by atoms with Crippen LogP contribution in [0, 0.1) is 0 Å². The van der Waals surface area contributed by atoms with Crippen molar-refractivity contribution in [3.8, 4) is 11.5 Å². The number of carbonyl (C=O) groups excluding carboxylic acids is 1. The number of carboxylic acids is 1. The molecule has 0 aliphatic carbocycles. The maximum absolute atomic E-state index is 10.8. The van der Waals surface area contributed by atoms with Gasteiger partial charge < -0.3 is 19.4 Å². The number of benzene rings is 2. The smallest absolute Gasteiger partial charge is 0.545 e. The van der Waals surface area contributed by atoms with Crippen molar-refractivity contribution in [3.05, 3.63) is 35.9 Å². The summed E-state index contributed by atoms with van der Waals surface area (Å²) in [5.41, 5.74) is 0.143. The molecule has 0 aliphatic heterocycles. The Morgan fingerprint density at radius 3 is 2.06 bits per heavy atom. The molecule has 0 unspecified atom stereocenters. The normalized spacial score (nSPS) is 9.67. The first-order chi connectivity index (χ1) is 8.15. The SMILES string of the molecule is COc1cc2ccc(C(=O)[O-])cc2cc1OC.[Na+]. The van der Waals surface area contributed by atoms with Crippen LogP contribution in [0.1, 0.15) is 10.4 Å². The van der Waals surface area contributed by atoms with E-state index in [0.717, 1.165) is 10.8 Å². The van der Waals surface area contributed by atoms with Crippen LogP contribution in [0.2, 0.25) is 0 Å². The van der Waals surface area contributed by atoms with Crippen LogP contribution in [0.5, 0.6) is 11.5 Å². The standard InChI is InChI=1S/C13H12O4.Na/c1-16-11-6-8-3-4-9(13(14)15)5-10(8)7-12(11)17-2;/h3-7H,1-2H3,(H,14,15);/q;+1/p-1. The molecule has 5 heteroatoms. The van der Waals surface area contributed by atoms with E-state index in [0.29, 0.717) is 11.5 Å². The number of carboxylic acid groups (broad SMARTS) is 1. The maximum Gasteiger partial charge on any atom is 1.00 e. The van der Waals surface area contributed by atoms with E-state index < -0.39 is 5.97 Å². The van der Waals surface area contributed by atoms with Crippen LogP contribution < -0.4 is 44.1 Å². The van der Waals surface area contributed by atoms with Gasteiger partial charge >= 0.3 is 29.6 Å². The second-order valence-electron chi connectivity index (χ2n) is 3.56. The summed E-state index contributed by atoms with van der Waals surface area (Å²) in [6.07, 6.45) is 0. The van der Waals surface area contributed by atoms with Crippen LogP contribution >= 0.6 is 0 Å².